The first-order chi connectivity index (χ1) is 12.6. The summed E-state index contributed by atoms with van der Waals surface area (Å²) in [5.41, 5.74) is 6.40. The van der Waals surface area contributed by atoms with E-state index >= 15 is 0 Å². The summed E-state index contributed by atoms with van der Waals surface area (Å²) in [6, 6.07) is 8.21. The highest BCUT2D eigenvalue weighted by Gasteiger charge is 2.48. The van der Waals surface area contributed by atoms with Gasteiger partial charge < -0.3 is 10.5 Å². The summed E-state index contributed by atoms with van der Waals surface area (Å²) in [6.07, 6.45) is 9.32. The van der Waals surface area contributed by atoms with Gasteiger partial charge in [-0.05, 0) is 42.7 Å². The Bertz CT molecular complexity index is 707. The fourth-order valence-corrected chi connectivity index (χ4v) is 4.45. The highest BCUT2D eigenvalue weighted by atomic mass is 16.5. The summed E-state index contributed by atoms with van der Waals surface area (Å²) in [5, 5.41) is 0. The van der Waals surface area contributed by atoms with Gasteiger partial charge in [-0.1, -0.05) is 50.3 Å². The molecule has 26 heavy (non-hydrogen) atoms. The monoisotopic (exact) mass is 355 g/mol. The van der Waals surface area contributed by atoms with Gasteiger partial charge in [-0.2, -0.15) is 0 Å². The van der Waals surface area contributed by atoms with Crippen molar-refractivity contribution in [2.45, 2.75) is 62.8 Å². The van der Waals surface area contributed by atoms with Crippen LogP contribution in [0.2, 0.25) is 0 Å². The second kappa shape index (κ2) is 6.93. The SMILES string of the molecule is CN1C(=O)C(COc2ccccc2C2CC2)(CC2CCCCC2)N=C1N. The van der Waals surface area contributed by atoms with Crippen LogP contribution >= 0.6 is 0 Å². The molecule has 0 radical (unpaired) electrons. The number of aliphatic imine (C=N–C) groups is 1. The maximum atomic E-state index is 13.0. The number of guanidine groups is 1. The topological polar surface area (TPSA) is 67.9 Å². The Morgan fingerprint density at radius 1 is 1.19 bits per heavy atom. The van der Waals surface area contributed by atoms with E-state index < -0.39 is 5.54 Å². The first-order valence-electron chi connectivity index (χ1n) is 9.94. The van der Waals surface area contributed by atoms with Crippen LogP contribution in [0.4, 0.5) is 0 Å². The average Bonchev–Trinajstić information content (AvgIpc) is 3.48. The molecule has 4 rings (SSSR count). The number of carbonyl (C=O) groups is 1. The predicted molar refractivity (Wildman–Crippen MR) is 102 cm³/mol. The first kappa shape index (κ1) is 17.4. The number of hydrogen-bond acceptors (Lipinski definition) is 4. The van der Waals surface area contributed by atoms with E-state index in [4.69, 9.17) is 10.5 Å². The van der Waals surface area contributed by atoms with E-state index in [1.807, 2.05) is 12.1 Å². The second-order valence-electron chi connectivity index (χ2n) is 8.17. The third kappa shape index (κ3) is 3.31. The highest BCUT2D eigenvalue weighted by Crippen LogP contribution is 2.44. The number of nitrogens with two attached hydrogens (primary N) is 1. The molecule has 5 heteroatoms. The summed E-state index contributed by atoms with van der Waals surface area (Å²) < 4.78 is 6.22. The lowest BCUT2D eigenvalue weighted by Gasteiger charge is -2.31. The standard InChI is InChI=1S/C21H29N3O2/c1-24-19(25)21(23-20(24)22,13-15-7-3-2-4-8-15)14-26-18-10-6-5-9-17(18)16-11-12-16/h5-6,9-10,15-16H,2-4,7-8,11-14H2,1H3,(H2,22,23). The molecule has 140 valence electrons. The van der Waals surface area contributed by atoms with Crippen LogP contribution in [0.1, 0.15) is 62.8 Å². The van der Waals surface area contributed by atoms with Crippen molar-refractivity contribution in [2.75, 3.05) is 13.7 Å². The van der Waals surface area contributed by atoms with Crippen molar-refractivity contribution in [1.29, 1.82) is 0 Å². The Morgan fingerprint density at radius 3 is 2.58 bits per heavy atom. The van der Waals surface area contributed by atoms with E-state index in [1.54, 1.807) is 7.05 Å². The number of ether oxygens (including phenoxy) is 1. The van der Waals surface area contributed by atoms with Crippen molar-refractivity contribution in [3.63, 3.8) is 0 Å². The van der Waals surface area contributed by atoms with Gasteiger partial charge in [0.2, 0.25) is 0 Å². The smallest absolute Gasteiger partial charge is 0.260 e. The van der Waals surface area contributed by atoms with Crippen LogP contribution in [0.3, 0.4) is 0 Å². The van der Waals surface area contributed by atoms with Crippen LogP contribution < -0.4 is 10.5 Å². The predicted octanol–water partition coefficient (Wildman–Crippen LogP) is 3.44. The Balaban J connectivity index is 1.55. The number of nitrogens with zero attached hydrogens (tertiary/aromatic N) is 2. The summed E-state index contributed by atoms with van der Waals surface area (Å²) in [6.45, 7) is 0.275. The van der Waals surface area contributed by atoms with E-state index in [-0.39, 0.29) is 12.5 Å². The largest absolute Gasteiger partial charge is 0.490 e. The fourth-order valence-electron chi connectivity index (χ4n) is 4.45. The number of carbonyl (C=O) groups excluding carboxylic acids is 1. The van der Waals surface area contributed by atoms with E-state index in [2.05, 4.69) is 17.1 Å². The zero-order chi connectivity index (χ0) is 18.1. The van der Waals surface area contributed by atoms with Crippen LogP contribution in [-0.4, -0.2) is 36.0 Å². The van der Waals surface area contributed by atoms with Gasteiger partial charge in [0.1, 0.15) is 12.4 Å². The van der Waals surface area contributed by atoms with Gasteiger partial charge >= 0.3 is 0 Å². The van der Waals surface area contributed by atoms with Gasteiger partial charge in [0.05, 0.1) is 0 Å². The van der Waals surface area contributed by atoms with Crippen molar-refractivity contribution < 1.29 is 9.53 Å². The zero-order valence-corrected chi connectivity index (χ0v) is 15.6. The van der Waals surface area contributed by atoms with Crippen LogP contribution in [0.15, 0.2) is 29.3 Å². The fraction of sp³-hybridized carbons (Fsp3) is 0.619. The number of amides is 1. The number of likely N-dealkylation sites (N-methyl/N-ethyl adjacent to an activating group) is 1. The Morgan fingerprint density at radius 2 is 1.92 bits per heavy atom. The Hall–Kier alpha value is -2.04. The maximum Gasteiger partial charge on any atom is 0.260 e. The van der Waals surface area contributed by atoms with E-state index in [0.717, 1.165) is 12.2 Å². The summed E-state index contributed by atoms with van der Waals surface area (Å²) in [7, 11) is 1.71. The number of benzene rings is 1. The molecule has 5 nitrogen and oxygen atoms in total. The van der Waals surface area contributed by atoms with Gasteiger partial charge in [-0.3, -0.25) is 9.69 Å². The number of hydrogen-bond donors (Lipinski definition) is 1. The molecule has 2 aliphatic carbocycles. The molecule has 2 fully saturated rings. The van der Waals surface area contributed by atoms with Crippen molar-refractivity contribution in [1.82, 2.24) is 4.90 Å². The first-order valence-corrected chi connectivity index (χ1v) is 9.94. The maximum absolute atomic E-state index is 13.0. The molecule has 0 aromatic heterocycles. The molecule has 0 spiro atoms. The number of para-hydroxylation sites is 1. The molecule has 2 N–H and O–H groups in total. The molecule has 2 saturated carbocycles. The van der Waals surface area contributed by atoms with E-state index in [1.165, 1.54) is 55.4 Å². The van der Waals surface area contributed by atoms with E-state index in [0.29, 0.717) is 17.8 Å². The van der Waals surface area contributed by atoms with Crippen LogP contribution in [-0.2, 0) is 4.79 Å². The minimum atomic E-state index is -0.864. The number of rotatable bonds is 6. The van der Waals surface area contributed by atoms with Crippen LogP contribution in [0.25, 0.3) is 0 Å². The molecule has 0 bridgehead atoms. The average molecular weight is 355 g/mol. The normalized spacial score (nSPS) is 26.9. The second-order valence-corrected chi connectivity index (χ2v) is 8.17. The molecule has 1 atom stereocenters. The van der Waals surface area contributed by atoms with Gasteiger partial charge in [-0.25, -0.2) is 4.99 Å². The molecule has 0 saturated heterocycles. The highest BCUT2D eigenvalue weighted by molar-refractivity contribution is 6.06. The van der Waals surface area contributed by atoms with Crippen molar-refractivity contribution in [3.8, 4) is 5.75 Å². The van der Waals surface area contributed by atoms with Gasteiger partial charge in [-0.15, -0.1) is 0 Å². The van der Waals surface area contributed by atoms with Crippen LogP contribution in [0.5, 0.6) is 5.75 Å². The molecule has 1 unspecified atom stereocenters. The minimum Gasteiger partial charge on any atom is -0.490 e. The minimum absolute atomic E-state index is 0.0236. The molecular weight excluding hydrogens is 326 g/mol. The van der Waals surface area contributed by atoms with Crippen molar-refractivity contribution in [3.05, 3.63) is 29.8 Å². The third-order valence-electron chi connectivity index (χ3n) is 6.13. The third-order valence-corrected chi connectivity index (χ3v) is 6.13. The quantitative estimate of drug-likeness (QED) is 0.850. The molecule has 1 amide bonds. The molecule has 1 aliphatic heterocycles. The van der Waals surface area contributed by atoms with Gasteiger partial charge in [0.25, 0.3) is 5.91 Å². The van der Waals surface area contributed by atoms with Gasteiger partial charge in [0.15, 0.2) is 11.5 Å². The summed E-state index contributed by atoms with van der Waals surface area (Å²) in [5.74, 6) is 2.32. The van der Waals surface area contributed by atoms with Crippen molar-refractivity contribution in [2.24, 2.45) is 16.6 Å². The summed E-state index contributed by atoms with van der Waals surface area (Å²) in [4.78, 5) is 19.1. The molecule has 1 aromatic rings. The van der Waals surface area contributed by atoms with Gasteiger partial charge in [0, 0.05) is 7.05 Å². The van der Waals surface area contributed by atoms with Crippen LogP contribution in [0, 0.1) is 5.92 Å². The lowest BCUT2D eigenvalue weighted by molar-refractivity contribution is -0.132. The van der Waals surface area contributed by atoms with E-state index in [9.17, 15) is 4.79 Å². The molecule has 1 aromatic carbocycles. The Labute approximate surface area is 155 Å². The lowest BCUT2D eigenvalue weighted by Crippen LogP contribution is -2.47. The molecule has 1 heterocycles. The lowest BCUT2D eigenvalue weighted by atomic mass is 9.79. The molecular formula is C21H29N3O2. The Kier molecular flexibility index (Phi) is 4.63. The van der Waals surface area contributed by atoms with Crippen molar-refractivity contribution >= 4 is 11.9 Å². The summed E-state index contributed by atoms with van der Waals surface area (Å²) >= 11 is 0. The zero-order valence-electron chi connectivity index (χ0n) is 15.6. The molecule has 3 aliphatic rings.